The van der Waals surface area contributed by atoms with Crippen LogP contribution < -0.4 is 0 Å². The third-order valence-corrected chi connectivity index (χ3v) is 5.05. The number of aliphatic hydroxyl groups is 1. The summed E-state index contributed by atoms with van der Waals surface area (Å²) in [5, 5.41) is 8.99. The highest BCUT2D eigenvalue weighted by Crippen LogP contribution is 2.25. The molecule has 1 N–H and O–H groups in total. The van der Waals surface area contributed by atoms with E-state index in [2.05, 4.69) is 0 Å². The van der Waals surface area contributed by atoms with Gasteiger partial charge in [0.25, 0.3) is 0 Å². The molecule has 1 rings (SSSR count). The minimum atomic E-state index is -3.70. The van der Waals surface area contributed by atoms with Gasteiger partial charge in [-0.3, -0.25) is 0 Å². The van der Waals surface area contributed by atoms with Crippen LogP contribution in [0.3, 0.4) is 0 Å². The predicted molar refractivity (Wildman–Crippen MR) is 72.0 cm³/mol. The molecule has 0 saturated heterocycles. The maximum Gasteiger partial charge on any atom is 0.243 e. The molecule has 0 atom stereocenters. The summed E-state index contributed by atoms with van der Waals surface area (Å²) in [6.45, 7) is 5.16. The summed E-state index contributed by atoms with van der Waals surface area (Å²) >= 11 is 0. The maximum absolute atomic E-state index is 13.2. The van der Waals surface area contributed by atoms with E-state index in [-0.39, 0.29) is 18.0 Å². The van der Waals surface area contributed by atoms with Gasteiger partial charge in [-0.1, -0.05) is 6.92 Å². The first kappa shape index (κ1) is 16.1. The van der Waals surface area contributed by atoms with Crippen LogP contribution in [0.1, 0.15) is 24.5 Å². The number of hydrogen-bond acceptors (Lipinski definition) is 3. The minimum Gasteiger partial charge on any atom is -0.395 e. The lowest BCUT2D eigenvalue weighted by Gasteiger charge is -2.23. The SMILES string of the molecule is CCCN(CCO)S(=O)(=O)c1c(C)cc(F)cc1C. The Balaban J connectivity index is 3.33. The Morgan fingerprint density at radius 1 is 1.21 bits per heavy atom. The number of sulfonamides is 1. The van der Waals surface area contributed by atoms with E-state index in [1.807, 2.05) is 6.92 Å². The van der Waals surface area contributed by atoms with Crippen LogP contribution in [0.15, 0.2) is 17.0 Å². The van der Waals surface area contributed by atoms with E-state index in [0.29, 0.717) is 24.1 Å². The molecule has 0 aromatic heterocycles. The number of hydrogen-bond donors (Lipinski definition) is 1. The second-order valence-corrected chi connectivity index (χ2v) is 6.37. The Labute approximate surface area is 113 Å². The van der Waals surface area contributed by atoms with Gasteiger partial charge in [0, 0.05) is 13.1 Å². The van der Waals surface area contributed by atoms with E-state index in [0.717, 1.165) is 0 Å². The van der Waals surface area contributed by atoms with Crippen molar-refractivity contribution in [3.8, 4) is 0 Å². The highest BCUT2D eigenvalue weighted by atomic mass is 32.2. The zero-order valence-electron chi connectivity index (χ0n) is 11.5. The van der Waals surface area contributed by atoms with Crippen molar-refractivity contribution >= 4 is 10.0 Å². The molecule has 0 fully saturated rings. The van der Waals surface area contributed by atoms with E-state index in [9.17, 15) is 12.8 Å². The topological polar surface area (TPSA) is 57.6 Å². The van der Waals surface area contributed by atoms with Crippen LogP contribution in [0.2, 0.25) is 0 Å². The molecule has 0 bridgehead atoms. The van der Waals surface area contributed by atoms with Crippen molar-refractivity contribution < 1.29 is 17.9 Å². The van der Waals surface area contributed by atoms with Crippen LogP contribution >= 0.6 is 0 Å². The summed E-state index contributed by atoms with van der Waals surface area (Å²) in [5.41, 5.74) is 0.771. The Kier molecular flexibility index (Phi) is 5.46. The monoisotopic (exact) mass is 289 g/mol. The number of nitrogens with zero attached hydrogens (tertiary/aromatic N) is 1. The number of rotatable bonds is 6. The van der Waals surface area contributed by atoms with Crippen molar-refractivity contribution in [3.05, 3.63) is 29.1 Å². The van der Waals surface area contributed by atoms with Crippen LogP contribution in [0, 0.1) is 19.7 Å². The molecule has 108 valence electrons. The largest absolute Gasteiger partial charge is 0.395 e. The number of aliphatic hydroxyl groups excluding tert-OH is 1. The molecule has 0 radical (unpaired) electrons. The fourth-order valence-electron chi connectivity index (χ4n) is 2.15. The summed E-state index contributed by atoms with van der Waals surface area (Å²) in [6.07, 6.45) is 0.651. The van der Waals surface area contributed by atoms with Gasteiger partial charge in [0.05, 0.1) is 11.5 Å². The van der Waals surface area contributed by atoms with Crippen LogP contribution in [-0.2, 0) is 10.0 Å². The summed E-state index contributed by atoms with van der Waals surface area (Å²) in [5.74, 6) is -0.446. The predicted octanol–water partition coefficient (Wildman–Crippen LogP) is 1.84. The van der Waals surface area contributed by atoms with E-state index in [1.54, 1.807) is 13.8 Å². The smallest absolute Gasteiger partial charge is 0.243 e. The van der Waals surface area contributed by atoms with Crippen molar-refractivity contribution in [3.63, 3.8) is 0 Å². The lowest BCUT2D eigenvalue weighted by Crippen LogP contribution is -2.35. The maximum atomic E-state index is 13.2. The van der Waals surface area contributed by atoms with Gasteiger partial charge in [-0.15, -0.1) is 0 Å². The number of aryl methyl sites for hydroxylation is 2. The number of benzene rings is 1. The summed E-state index contributed by atoms with van der Waals surface area (Å²) in [6, 6.07) is 2.42. The van der Waals surface area contributed by atoms with E-state index in [4.69, 9.17) is 5.11 Å². The highest BCUT2D eigenvalue weighted by molar-refractivity contribution is 7.89. The van der Waals surface area contributed by atoms with Gasteiger partial charge in [-0.25, -0.2) is 12.8 Å². The quantitative estimate of drug-likeness (QED) is 0.869. The van der Waals surface area contributed by atoms with E-state index < -0.39 is 15.8 Å². The van der Waals surface area contributed by atoms with Crippen molar-refractivity contribution in [2.24, 2.45) is 0 Å². The molecule has 0 heterocycles. The fourth-order valence-corrected chi connectivity index (χ4v) is 4.08. The summed E-state index contributed by atoms with van der Waals surface area (Å²) < 4.78 is 39.6. The third kappa shape index (κ3) is 3.52. The highest BCUT2D eigenvalue weighted by Gasteiger charge is 2.27. The van der Waals surface area contributed by atoms with Crippen molar-refractivity contribution in [1.82, 2.24) is 4.31 Å². The average Bonchev–Trinajstić information content (AvgIpc) is 2.26. The van der Waals surface area contributed by atoms with Crippen molar-refractivity contribution in [1.29, 1.82) is 0 Å². The van der Waals surface area contributed by atoms with Crippen LogP contribution in [-0.4, -0.2) is 37.5 Å². The molecule has 0 aliphatic rings. The second-order valence-electron chi connectivity index (χ2n) is 4.50. The van der Waals surface area contributed by atoms with Crippen LogP contribution in [0.25, 0.3) is 0 Å². The molecule has 0 unspecified atom stereocenters. The first-order chi connectivity index (χ1) is 8.84. The van der Waals surface area contributed by atoms with E-state index >= 15 is 0 Å². The Bertz CT molecular complexity index is 514. The van der Waals surface area contributed by atoms with Gasteiger partial charge < -0.3 is 5.11 Å². The van der Waals surface area contributed by atoms with Crippen molar-refractivity contribution in [2.75, 3.05) is 19.7 Å². The van der Waals surface area contributed by atoms with Crippen molar-refractivity contribution in [2.45, 2.75) is 32.1 Å². The molecule has 0 amide bonds. The molecule has 1 aromatic carbocycles. The molecule has 0 aliphatic heterocycles. The lowest BCUT2D eigenvalue weighted by atomic mass is 10.1. The van der Waals surface area contributed by atoms with Crippen LogP contribution in [0.4, 0.5) is 4.39 Å². The van der Waals surface area contributed by atoms with Gasteiger partial charge in [0.2, 0.25) is 10.0 Å². The van der Waals surface area contributed by atoms with Gasteiger partial charge in [-0.05, 0) is 43.5 Å². The summed E-state index contributed by atoms with van der Waals surface area (Å²) in [7, 11) is -3.70. The zero-order valence-corrected chi connectivity index (χ0v) is 12.3. The molecule has 0 spiro atoms. The zero-order chi connectivity index (χ0) is 14.6. The molecule has 0 saturated carbocycles. The first-order valence-corrected chi connectivity index (χ1v) is 7.66. The molecule has 6 heteroatoms. The summed E-state index contributed by atoms with van der Waals surface area (Å²) in [4.78, 5) is 0.135. The molecule has 0 aliphatic carbocycles. The molecular weight excluding hydrogens is 269 g/mol. The minimum absolute atomic E-state index is 0.0480. The Morgan fingerprint density at radius 3 is 2.16 bits per heavy atom. The van der Waals surface area contributed by atoms with Gasteiger partial charge in [-0.2, -0.15) is 4.31 Å². The van der Waals surface area contributed by atoms with E-state index in [1.165, 1.54) is 16.4 Å². The normalized spacial score (nSPS) is 12.1. The molecule has 19 heavy (non-hydrogen) atoms. The Hall–Kier alpha value is -0.980. The average molecular weight is 289 g/mol. The van der Waals surface area contributed by atoms with Gasteiger partial charge in [0.1, 0.15) is 5.82 Å². The lowest BCUT2D eigenvalue weighted by molar-refractivity contribution is 0.253. The first-order valence-electron chi connectivity index (χ1n) is 6.22. The molecule has 4 nitrogen and oxygen atoms in total. The standard InChI is InChI=1S/C13H20FNO3S/c1-4-5-15(6-7-16)19(17,18)13-10(2)8-12(14)9-11(13)3/h8-9,16H,4-7H2,1-3H3. The third-order valence-electron chi connectivity index (χ3n) is 2.85. The molecular formula is C13H20FNO3S. The van der Waals surface area contributed by atoms with Crippen LogP contribution in [0.5, 0.6) is 0 Å². The second kappa shape index (κ2) is 6.45. The number of halogens is 1. The van der Waals surface area contributed by atoms with Gasteiger partial charge in [0.15, 0.2) is 0 Å². The van der Waals surface area contributed by atoms with Gasteiger partial charge >= 0.3 is 0 Å². The molecule has 1 aromatic rings. The Morgan fingerprint density at radius 2 is 1.74 bits per heavy atom. The fraction of sp³-hybridized carbons (Fsp3) is 0.538.